The van der Waals surface area contributed by atoms with Gasteiger partial charge in [0.2, 0.25) is 0 Å². The molecule has 0 saturated heterocycles. The number of fused-ring (bicyclic) bond motifs is 2. The first-order valence-corrected chi connectivity index (χ1v) is 25.8. The fourth-order valence-electron chi connectivity index (χ4n) is 8.60. The molecular weight excluding hydrogens is 1010 g/mol. The predicted octanol–water partition coefficient (Wildman–Crippen LogP) is 6.03. The van der Waals surface area contributed by atoms with Crippen LogP contribution in [0.1, 0.15) is 45.2 Å². The van der Waals surface area contributed by atoms with Gasteiger partial charge in [-0.15, -0.1) is 0 Å². The van der Waals surface area contributed by atoms with E-state index in [1.54, 1.807) is 12.1 Å². The number of ether oxygens (including phenoxy) is 6. The number of aliphatic hydroxyl groups excluding tert-OH is 2. The summed E-state index contributed by atoms with van der Waals surface area (Å²) in [5, 5.41) is 34.8. The molecule has 6 N–H and O–H groups in total. The minimum atomic E-state index is -1.96. The van der Waals surface area contributed by atoms with Gasteiger partial charge in [-0.3, -0.25) is 9.59 Å². The third kappa shape index (κ3) is 18.2. The van der Waals surface area contributed by atoms with Crippen molar-refractivity contribution in [2.45, 2.75) is 37.1 Å². The largest absolute Gasteiger partial charge is 0.383 e. The second kappa shape index (κ2) is 30.5. The van der Waals surface area contributed by atoms with Crippen LogP contribution in [0.25, 0.3) is 0 Å². The Labute approximate surface area is 442 Å². The molecule has 0 saturated carbocycles. The Balaban J connectivity index is 0.700. The number of halogens is 4. The lowest BCUT2D eigenvalue weighted by molar-refractivity contribution is -0.146. The lowest BCUT2D eigenvalue weighted by Gasteiger charge is -2.33. The van der Waals surface area contributed by atoms with Crippen molar-refractivity contribution < 1.29 is 48.2 Å². The number of carbonyl (C=O) groups excluding carboxylic acids is 2. The summed E-state index contributed by atoms with van der Waals surface area (Å²) in [6.07, 6.45) is -3.91. The highest BCUT2D eigenvalue weighted by Gasteiger charge is 2.31. The lowest BCUT2D eigenvalue weighted by Crippen LogP contribution is -2.50. The van der Waals surface area contributed by atoms with Crippen molar-refractivity contribution in [2.75, 3.05) is 143 Å². The van der Waals surface area contributed by atoms with Gasteiger partial charge >= 0.3 is 0 Å². The van der Waals surface area contributed by atoms with Gasteiger partial charge in [-0.25, -0.2) is 0 Å². The third-order valence-corrected chi connectivity index (χ3v) is 13.2. The minimum absolute atomic E-state index is 0.0636. The van der Waals surface area contributed by atoms with E-state index in [0.717, 1.165) is 48.7 Å². The van der Waals surface area contributed by atoms with Gasteiger partial charge in [-0.1, -0.05) is 70.7 Å². The maximum absolute atomic E-state index is 12.3. The van der Waals surface area contributed by atoms with E-state index in [0.29, 0.717) is 86.0 Å². The maximum Gasteiger partial charge on any atom is 0.252 e. The summed E-state index contributed by atoms with van der Waals surface area (Å²) in [4.78, 5) is 29.1. The van der Waals surface area contributed by atoms with Crippen molar-refractivity contribution in [2.24, 2.45) is 0 Å². The van der Waals surface area contributed by atoms with E-state index in [1.807, 2.05) is 36.4 Å². The van der Waals surface area contributed by atoms with Crippen LogP contribution in [0, 0.1) is 0 Å². The molecule has 0 aliphatic carbocycles. The van der Waals surface area contributed by atoms with Gasteiger partial charge in [0, 0.05) is 95.7 Å². The van der Waals surface area contributed by atoms with Crippen molar-refractivity contribution in [3.8, 4) is 0 Å². The van der Waals surface area contributed by atoms with Gasteiger partial charge in [0.15, 0.2) is 12.2 Å². The van der Waals surface area contributed by atoms with Crippen LogP contribution in [0.2, 0.25) is 20.1 Å². The average Bonchev–Trinajstić information content (AvgIpc) is 3.36. The molecule has 2 amide bonds. The SMILES string of the molecule is CN1Cc2c(Cl)cc(Cl)cc2[C@@H](c2cccc(NCCOCCOCCOCCNC(=O)C(O)C(O)C(=O)NCCOCCOCCOCCNc3cccc([C@@H]4CN(C)Cc5c(Cl)cc(Cl)cc54)c3)c2)C1. The summed E-state index contributed by atoms with van der Waals surface area (Å²) in [6.45, 7) is 8.79. The molecule has 4 aromatic rings. The number of amides is 2. The number of nitrogens with zero attached hydrogens (tertiary/aromatic N) is 2. The molecule has 0 bridgehead atoms. The Morgan fingerprint density at radius 3 is 1.25 bits per heavy atom. The van der Waals surface area contributed by atoms with Crippen LogP contribution in [0.3, 0.4) is 0 Å². The quantitative estimate of drug-likeness (QED) is 0.0321. The van der Waals surface area contributed by atoms with Crippen LogP contribution in [-0.2, 0) is 51.1 Å². The third-order valence-electron chi connectivity index (χ3n) is 12.1. The molecule has 2 unspecified atom stereocenters. The number of hydrogen-bond donors (Lipinski definition) is 6. The molecule has 2 heterocycles. The molecule has 394 valence electrons. The van der Waals surface area contributed by atoms with Crippen LogP contribution >= 0.6 is 46.4 Å². The van der Waals surface area contributed by atoms with Gasteiger partial charge in [0.05, 0.1) is 79.3 Å². The van der Waals surface area contributed by atoms with E-state index >= 15 is 0 Å². The summed E-state index contributed by atoms with van der Waals surface area (Å²) in [5.41, 5.74) is 8.96. The van der Waals surface area contributed by atoms with Gasteiger partial charge in [0.1, 0.15) is 0 Å². The van der Waals surface area contributed by atoms with Crippen LogP contribution in [0.5, 0.6) is 0 Å². The normalized spacial score (nSPS) is 16.7. The molecule has 0 aromatic heterocycles. The Morgan fingerprint density at radius 1 is 0.528 bits per heavy atom. The summed E-state index contributed by atoms with van der Waals surface area (Å²) in [6, 6.07) is 24.4. The van der Waals surface area contributed by atoms with E-state index in [2.05, 4.69) is 69.4 Å². The highest BCUT2D eigenvalue weighted by Crippen LogP contribution is 2.40. The van der Waals surface area contributed by atoms with Crippen molar-refractivity contribution in [1.82, 2.24) is 20.4 Å². The minimum Gasteiger partial charge on any atom is -0.383 e. The number of likely N-dealkylation sites (N-methyl/N-ethyl adjacent to an activating group) is 2. The zero-order valence-corrected chi connectivity index (χ0v) is 44.0. The zero-order valence-electron chi connectivity index (χ0n) is 40.9. The smallest absolute Gasteiger partial charge is 0.252 e. The topological polar surface area (TPSA) is 185 Å². The molecule has 6 rings (SSSR count). The van der Waals surface area contributed by atoms with Crippen LogP contribution < -0.4 is 21.3 Å². The Bertz CT molecular complexity index is 2180. The molecule has 20 heteroatoms. The van der Waals surface area contributed by atoms with E-state index in [-0.39, 0.29) is 51.4 Å². The fraction of sp³-hybridized carbons (Fsp3) is 0.500. The van der Waals surface area contributed by atoms with Gasteiger partial charge in [0.25, 0.3) is 11.8 Å². The molecule has 0 spiro atoms. The molecule has 0 radical (unpaired) electrons. The molecule has 0 fully saturated rings. The number of carbonyl (C=O) groups is 2. The summed E-state index contributed by atoms with van der Waals surface area (Å²) < 4.78 is 33.4. The predicted molar refractivity (Wildman–Crippen MR) is 282 cm³/mol. The second-order valence-corrected chi connectivity index (χ2v) is 19.3. The molecule has 72 heavy (non-hydrogen) atoms. The van der Waals surface area contributed by atoms with Gasteiger partial charge < -0.3 is 69.7 Å². The van der Waals surface area contributed by atoms with E-state index in [9.17, 15) is 19.8 Å². The Morgan fingerprint density at radius 2 is 0.875 bits per heavy atom. The fourth-order valence-corrected chi connectivity index (χ4v) is 9.74. The maximum atomic E-state index is 12.3. The summed E-state index contributed by atoms with van der Waals surface area (Å²) in [5.74, 6) is -1.49. The number of nitrogens with one attached hydrogen (secondary N) is 4. The number of benzene rings is 4. The Hall–Kier alpha value is -3.82. The number of aliphatic hydroxyl groups is 2. The lowest BCUT2D eigenvalue weighted by atomic mass is 9.84. The van der Waals surface area contributed by atoms with Crippen LogP contribution in [-0.4, -0.2) is 177 Å². The molecule has 16 nitrogen and oxygen atoms in total. The molecule has 2 aliphatic rings. The first kappa shape index (κ1) is 57.5. The summed E-state index contributed by atoms with van der Waals surface area (Å²) >= 11 is 25.8. The second-order valence-electron chi connectivity index (χ2n) is 17.7. The first-order chi connectivity index (χ1) is 34.9. The van der Waals surface area contributed by atoms with E-state index < -0.39 is 24.0 Å². The molecular formula is C52H68Cl4N6O10. The standard InChI is InChI=1S/C52H68Cl4N6O10/c1-61-31-43(41-27-37(53)29-47(55)45(41)33-61)35-5-3-7-39(25-35)57-9-13-67-17-21-71-23-19-69-15-11-59-51(65)49(63)50(64)52(66)60-12-16-70-20-24-72-22-18-68-14-10-58-40-8-4-6-36(26-40)44-32-62(2)34-46-42(44)28-38(54)30-48(46)56/h3-8,25-30,43-44,49-50,57-58,63-64H,9-24,31-34H2,1-2H3,(H,59,65)(H,60,66)/t43-,44+,49?,50?. The average molecular weight is 1080 g/mol. The number of anilines is 2. The van der Waals surface area contributed by atoms with Crippen LogP contribution in [0.15, 0.2) is 72.8 Å². The van der Waals surface area contributed by atoms with Crippen molar-refractivity contribution in [3.05, 3.63) is 126 Å². The number of rotatable bonds is 31. The summed E-state index contributed by atoms with van der Waals surface area (Å²) in [7, 11) is 4.19. The monoisotopic (exact) mass is 1080 g/mol. The highest BCUT2D eigenvalue weighted by atomic mass is 35.5. The molecule has 4 atom stereocenters. The molecule has 2 aliphatic heterocycles. The van der Waals surface area contributed by atoms with Crippen molar-refractivity contribution >= 4 is 69.6 Å². The Kier molecular flexibility index (Phi) is 24.4. The van der Waals surface area contributed by atoms with E-state index in [4.69, 9.17) is 74.8 Å². The first-order valence-electron chi connectivity index (χ1n) is 24.3. The van der Waals surface area contributed by atoms with Crippen LogP contribution in [0.4, 0.5) is 11.4 Å². The van der Waals surface area contributed by atoms with Gasteiger partial charge in [-0.2, -0.15) is 0 Å². The van der Waals surface area contributed by atoms with Crippen molar-refractivity contribution in [3.63, 3.8) is 0 Å². The van der Waals surface area contributed by atoms with Crippen molar-refractivity contribution in [1.29, 1.82) is 0 Å². The zero-order chi connectivity index (χ0) is 51.2. The molecule has 4 aromatic carbocycles. The van der Waals surface area contributed by atoms with Gasteiger partial charge in [-0.05, 0) is 96.0 Å². The van der Waals surface area contributed by atoms with E-state index in [1.165, 1.54) is 22.3 Å². The number of hydrogen-bond acceptors (Lipinski definition) is 14. The highest BCUT2D eigenvalue weighted by molar-refractivity contribution is 6.35.